The van der Waals surface area contributed by atoms with Gasteiger partial charge in [-0.2, -0.15) is 0 Å². The molecule has 4 heteroatoms. The van der Waals surface area contributed by atoms with Gasteiger partial charge in [-0.05, 0) is 36.8 Å². The van der Waals surface area contributed by atoms with Gasteiger partial charge in [-0.25, -0.2) is 0 Å². The van der Waals surface area contributed by atoms with Crippen molar-refractivity contribution in [1.29, 1.82) is 0 Å². The quantitative estimate of drug-likeness (QED) is 0.895. The van der Waals surface area contributed by atoms with E-state index in [0.717, 1.165) is 28.3 Å². The Labute approximate surface area is 113 Å². The van der Waals surface area contributed by atoms with Gasteiger partial charge in [-0.3, -0.25) is 4.98 Å². The maximum atomic E-state index is 5.35. The number of benzene rings is 1. The summed E-state index contributed by atoms with van der Waals surface area (Å²) in [4.78, 5) is 4.15. The van der Waals surface area contributed by atoms with Gasteiger partial charge in [-0.15, -0.1) is 0 Å². The molecule has 0 bridgehead atoms. The fourth-order valence-corrected chi connectivity index (χ4v) is 1.87. The van der Waals surface area contributed by atoms with E-state index in [1.165, 1.54) is 0 Å². The lowest BCUT2D eigenvalue weighted by Gasteiger charge is -2.12. The van der Waals surface area contributed by atoms with Gasteiger partial charge < -0.3 is 14.8 Å². The molecule has 0 aliphatic carbocycles. The van der Waals surface area contributed by atoms with Crippen LogP contribution < -0.4 is 14.8 Å². The Kier molecular flexibility index (Phi) is 4.23. The predicted molar refractivity (Wildman–Crippen MR) is 75.8 cm³/mol. The van der Waals surface area contributed by atoms with E-state index in [0.29, 0.717) is 6.54 Å². The smallest absolute Gasteiger partial charge is 0.124 e. The molecular formula is C15H18N2O2. The fourth-order valence-electron chi connectivity index (χ4n) is 1.87. The molecule has 0 radical (unpaired) electrons. The minimum Gasteiger partial charge on any atom is -0.497 e. The number of aryl methyl sites for hydroxylation is 1. The monoisotopic (exact) mass is 258 g/mol. The molecule has 0 atom stereocenters. The number of aromatic nitrogens is 1. The second kappa shape index (κ2) is 6.09. The van der Waals surface area contributed by atoms with Gasteiger partial charge in [0.15, 0.2) is 0 Å². The van der Waals surface area contributed by atoms with Crippen LogP contribution in [0.4, 0.5) is 5.69 Å². The molecule has 0 amide bonds. The van der Waals surface area contributed by atoms with Crippen LogP contribution in [0.2, 0.25) is 0 Å². The zero-order valence-electron chi connectivity index (χ0n) is 11.4. The first-order valence-corrected chi connectivity index (χ1v) is 6.09. The number of methoxy groups -OCH3 is 2. The van der Waals surface area contributed by atoms with Gasteiger partial charge in [0.05, 0.1) is 19.9 Å². The summed E-state index contributed by atoms with van der Waals surface area (Å²) in [7, 11) is 3.32. The predicted octanol–water partition coefficient (Wildman–Crippen LogP) is 3.02. The van der Waals surface area contributed by atoms with Crippen molar-refractivity contribution in [2.75, 3.05) is 19.5 Å². The molecule has 0 unspecified atom stereocenters. The van der Waals surface area contributed by atoms with Crippen molar-refractivity contribution >= 4 is 5.69 Å². The summed E-state index contributed by atoms with van der Waals surface area (Å²) < 4.78 is 10.6. The van der Waals surface area contributed by atoms with Crippen molar-refractivity contribution in [3.8, 4) is 11.5 Å². The molecule has 0 spiro atoms. The maximum Gasteiger partial charge on any atom is 0.124 e. The molecule has 0 saturated carbocycles. The van der Waals surface area contributed by atoms with E-state index in [9.17, 15) is 0 Å². The Morgan fingerprint density at radius 2 is 1.95 bits per heavy atom. The van der Waals surface area contributed by atoms with Crippen LogP contribution in [0, 0.1) is 6.92 Å². The van der Waals surface area contributed by atoms with Crippen molar-refractivity contribution in [2.45, 2.75) is 13.5 Å². The van der Waals surface area contributed by atoms with Crippen LogP contribution in [0.15, 0.2) is 36.7 Å². The molecule has 0 aliphatic heterocycles. The van der Waals surface area contributed by atoms with E-state index in [1.807, 2.05) is 31.3 Å². The molecule has 2 aromatic rings. The van der Waals surface area contributed by atoms with E-state index >= 15 is 0 Å². The zero-order chi connectivity index (χ0) is 13.7. The molecule has 2 rings (SSSR count). The molecular weight excluding hydrogens is 240 g/mol. The van der Waals surface area contributed by atoms with Gasteiger partial charge in [-0.1, -0.05) is 0 Å². The lowest BCUT2D eigenvalue weighted by Crippen LogP contribution is -2.02. The maximum absolute atomic E-state index is 5.35. The lowest BCUT2D eigenvalue weighted by atomic mass is 10.2. The highest BCUT2D eigenvalue weighted by Gasteiger charge is 2.05. The zero-order valence-corrected chi connectivity index (χ0v) is 11.4. The van der Waals surface area contributed by atoms with Crippen molar-refractivity contribution in [1.82, 2.24) is 4.98 Å². The molecule has 1 aromatic carbocycles. The topological polar surface area (TPSA) is 43.4 Å². The first-order valence-electron chi connectivity index (χ1n) is 6.09. The number of anilines is 1. The SMILES string of the molecule is COc1ccc(OC)c(CNc2cncc(C)c2)c1. The number of pyridine rings is 1. The van der Waals surface area contributed by atoms with Gasteiger partial charge in [0.25, 0.3) is 0 Å². The highest BCUT2D eigenvalue weighted by atomic mass is 16.5. The summed E-state index contributed by atoms with van der Waals surface area (Å²) in [6.07, 6.45) is 3.64. The minimum atomic E-state index is 0.658. The van der Waals surface area contributed by atoms with Crippen molar-refractivity contribution in [2.24, 2.45) is 0 Å². The van der Waals surface area contributed by atoms with E-state index in [1.54, 1.807) is 20.4 Å². The summed E-state index contributed by atoms with van der Waals surface area (Å²) in [6, 6.07) is 7.82. The molecule has 0 saturated heterocycles. The standard InChI is InChI=1S/C15H18N2O2/c1-11-6-13(10-16-8-11)17-9-12-7-14(18-2)4-5-15(12)19-3/h4-8,10,17H,9H2,1-3H3. The normalized spacial score (nSPS) is 10.1. The van der Waals surface area contributed by atoms with E-state index in [4.69, 9.17) is 9.47 Å². The van der Waals surface area contributed by atoms with Crippen molar-refractivity contribution < 1.29 is 9.47 Å². The van der Waals surface area contributed by atoms with E-state index in [-0.39, 0.29) is 0 Å². The summed E-state index contributed by atoms with van der Waals surface area (Å²) in [5, 5.41) is 3.33. The Bertz CT molecular complexity index is 556. The highest BCUT2D eigenvalue weighted by molar-refractivity contribution is 5.46. The number of hydrogen-bond acceptors (Lipinski definition) is 4. The molecule has 19 heavy (non-hydrogen) atoms. The molecule has 100 valence electrons. The summed E-state index contributed by atoms with van der Waals surface area (Å²) in [5.74, 6) is 1.66. The Morgan fingerprint density at radius 1 is 1.11 bits per heavy atom. The second-order valence-electron chi connectivity index (χ2n) is 4.28. The summed E-state index contributed by atoms with van der Waals surface area (Å²) in [6.45, 7) is 2.68. The molecule has 1 heterocycles. The minimum absolute atomic E-state index is 0.658. The highest BCUT2D eigenvalue weighted by Crippen LogP contribution is 2.24. The van der Waals surface area contributed by atoms with E-state index in [2.05, 4.69) is 16.4 Å². The molecule has 1 N–H and O–H groups in total. The Hall–Kier alpha value is -2.23. The van der Waals surface area contributed by atoms with Crippen LogP contribution in [0.1, 0.15) is 11.1 Å². The fraction of sp³-hybridized carbons (Fsp3) is 0.267. The number of nitrogens with one attached hydrogen (secondary N) is 1. The largest absolute Gasteiger partial charge is 0.497 e. The van der Waals surface area contributed by atoms with Crippen LogP contribution in [-0.2, 0) is 6.54 Å². The first kappa shape index (κ1) is 13.2. The number of ether oxygens (including phenoxy) is 2. The third kappa shape index (κ3) is 3.37. The molecule has 1 aromatic heterocycles. The summed E-state index contributed by atoms with van der Waals surface area (Å²) >= 11 is 0. The average molecular weight is 258 g/mol. The summed E-state index contributed by atoms with van der Waals surface area (Å²) in [5.41, 5.74) is 3.16. The van der Waals surface area contributed by atoms with Crippen LogP contribution in [0.3, 0.4) is 0 Å². The number of hydrogen-bond donors (Lipinski definition) is 1. The molecule has 0 fully saturated rings. The molecule has 4 nitrogen and oxygen atoms in total. The van der Waals surface area contributed by atoms with Crippen LogP contribution in [-0.4, -0.2) is 19.2 Å². The Balaban J connectivity index is 2.14. The first-order chi connectivity index (χ1) is 9.22. The van der Waals surface area contributed by atoms with Gasteiger partial charge in [0.1, 0.15) is 11.5 Å². The Morgan fingerprint density at radius 3 is 2.63 bits per heavy atom. The third-order valence-electron chi connectivity index (χ3n) is 2.85. The average Bonchev–Trinajstić information content (AvgIpc) is 2.45. The van der Waals surface area contributed by atoms with Crippen molar-refractivity contribution in [3.05, 3.63) is 47.8 Å². The number of rotatable bonds is 5. The van der Waals surface area contributed by atoms with Crippen LogP contribution in [0.25, 0.3) is 0 Å². The van der Waals surface area contributed by atoms with Gasteiger partial charge in [0.2, 0.25) is 0 Å². The van der Waals surface area contributed by atoms with E-state index < -0.39 is 0 Å². The lowest BCUT2D eigenvalue weighted by molar-refractivity contribution is 0.399. The second-order valence-corrected chi connectivity index (χ2v) is 4.28. The number of nitrogens with zero attached hydrogens (tertiary/aromatic N) is 1. The van der Waals surface area contributed by atoms with Crippen molar-refractivity contribution in [3.63, 3.8) is 0 Å². The third-order valence-corrected chi connectivity index (χ3v) is 2.85. The van der Waals surface area contributed by atoms with Gasteiger partial charge in [0, 0.05) is 24.5 Å². The van der Waals surface area contributed by atoms with Crippen LogP contribution >= 0.6 is 0 Å². The van der Waals surface area contributed by atoms with Crippen LogP contribution in [0.5, 0.6) is 11.5 Å². The van der Waals surface area contributed by atoms with Gasteiger partial charge >= 0.3 is 0 Å². The molecule has 0 aliphatic rings.